The molecule has 1 nitrogen and oxygen atoms in total. The lowest BCUT2D eigenvalue weighted by Gasteiger charge is -2.29. The molecule has 0 amide bonds. The van der Waals surface area contributed by atoms with Crippen LogP contribution in [0.15, 0.2) is 24.3 Å². The van der Waals surface area contributed by atoms with E-state index in [-0.39, 0.29) is 5.41 Å². The van der Waals surface area contributed by atoms with Gasteiger partial charge >= 0.3 is 0 Å². The normalized spacial score (nSPS) is 23.2. The summed E-state index contributed by atoms with van der Waals surface area (Å²) in [5.74, 6) is 0.999. The summed E-state index contributed by atoms with van der Waals surface area (Å²) in [5, 5.41) is 3.76. The van der Waals surface area contributed by atoms with Crippen LogP contribution in [0, 0.1) is 5.92 Å². The Labute approximate surface area is 131 Å². The highest BCUT2D eigenvalue weighted by molar-refractivity contribution is 5.27. The predicted octanol–water partition coefficient (Wildman–Crippen LogP) is 5.43. The molecule has 1 aromatic rings. The van der Waals surface area contributed by atoms with Gasteiger partial charge in [0.15, 0.2) is 0 Å². The fourth-order valence-corrected chi connectivity index (χ4v) is 3.45. The van der Waals surface area contributed by atoms with Gasteiger partial charge < -0.3 is 5.32 Å². The van der Waals surface area contributed by atoms with E-state index in [2.05, 4.69) is 57.3 Å². The van der Waals surface area contributed by atoms with Gasteiger partial charge in [-0.05, 0) is 48.1 Å². The van der Waals surface area contributed by atoms with Crippen LogP contribution in [0.4, 0.5) is 0 Å². The van der Waals surface area contributed by atoms with Crippen LogP contribution >= 0.6 is 0 Å². The van der Waals surface area contributed by atoms with E-state index in [4.69, 9.17) is 0 Å². The van der Waals surface area contributed by atoms with Crippen LogP contribution in [-0.2, 0) is 12.0 Å². The Bertz CT molecular complexity index is 404. The fourth-order valence-electron chi connectivity index (χ4n) is 3.45. The molecule has 2 rings (SSSR count). The topological polar surface area (TPSA) is 12.0 Å². The molecular formula is C20H33N. The molecule has 118 valence electrons. The summed E-state index contributed by atoms with van der Waals surface area (Å²) in [6, 6.07) is 9.89. The highest BCUT2D eigenvalue weighted by atomic mass is 14.9. The highest BCUT2D eigenvalue weighted by Gasteiger charge is 2.20. The molecule has 0 aromatic heterocycles. The Morgan fingerprint density at radius 3 is 2.14 bits per heavy atom. The molecule has 1 fully saturated rings. The van der Waals surface area contributed by atoms with Crippen LogP contribution in [0.1, 0.15) is 77.3 Å². The minimum Gasteiger partial charge on any atom is -0.310 e. The second kappa shape index (κ2) is 7.45. The SMILES string of the molecule is CCCC1CCC(NCc2ccc(C(C)(C)C)cc2)CC1. The molecule has 21 heavy (non-hydrogen) atoms. The lowest BCUT2D eigenvalue weighted by Crippen LogP contribution is -2.32. The monoisotopic (exact) mass is 287 g/mol. The van der Waals surface area contributed by atoms with Gasteiger partial charge in [0, 0.05) is 12.6 Å². The zero-order valence-electron chi connectivity index (χ0n) is 14.4. The number of nitrogens with one attached hydrogen (secondary N) is 1. The molecule has 1 N–H and O–H groups in total. The zero-order chi connectivity index (χ0) is 15.3. The Kier molecular flexibility index (Phi) is 5.87. The number of benzene rings is 1. The van der Waals surface area contributed by atoms with Crippen molar-refractivity contribution < 1.29 is 0 Å². The summed E-state index contributed by atoms with van der Waals surface area (Å²) in [4.78, 5) is 0. The maximum atomic E-state index is 3.76. The smallest absolute Gasteiger partial charge is 0.0208 e. The van der Waals surface area contributed by atoms with Gasteiger partial charge in [0.25, 0.3) is 0 Å². The third-order valence-corrected chi connectivity index (χ3v) is 4.96. The number of hydrogen-bond donors (Lipinski definition) is 1. The van der Waals surface area contributed by atoms with Gasteiger partial charge in [-0.2, -0.15) is 0 Å². The first kappa shape index (κ1) is 16.5. The Morgan fingerprint density at radius 2 is 1.62 bits per heavy atom. The summed E-state index contributed by atoms with van der Waals surface area (Å²) in [5.41, 5.74) is 3.09. The standard InChI is InChI=1S/C20H33N/c1-5-6-16-9-13-19(14-10-16)21-15-17-7-11-18(12-8-17)20(2,3)4/h7-8,11-12,16,19,21H,5-6,9-10,13-15H2,1-4H3. The van der Waals surface area contributed by atoms with Gasteiger partial charge in [-0.1, -0.05) is 64.8 Å². The van der Waals surface area contributed by atoms with Gasteiger partial charge in [-0.15, -0.1) is 0 Å². The van der Waals surface area contributed by atoms with E-state index in [1.165, 1.54) is 49.7 Å². The Balaban J connectivity index is 1.76. The van der Waals surface area contributed by atoms with Gasteiger partial charge in [0.1, 0.15) is 0 Å². The van der Waals surface area contributed by atoms with E-state index in [0.717, 1.165) is 18.5 Å². The molecule has 0 spiro atoms. The first-order valence-corrected chi connectivity index (χ1v) is 8.82. The van der Waals surface area contributed by atoms with Crippen LogP contribution in [0.25, 0.3) is 0 Å². The Hall–Kier alpha value is -0.820. The van der Waals surface area contributed by atoms with E-state index in [0.29, 0.717) is 0 Å². The summed E-state index contributed by atoms with van der Waals surface area (Å²) >= 11 is 0. The predicted molar refractivity (Wildman–Crippen MR) is 92.6 cm³/mol. The third-order valence-electron chi connectivity index (χ3n) is 4.96. The van der Waals surface area contributed by atoms with E-state index in [1.54, 1.807) is 0 Å². The fraction of sp³-hybridized carbons (Fsp3) is 0.700. The molecule has 1 saturated carbocycles. The van der Waals surface area contributed by atoms with Crippen LogP contribution in [0.3, 0.4) is 0 Å². The van der Waals surface area contributed by atoms with Crippen molar-refractivity contribution in [1.29, 1.82) is 0 Å². The minimum atomic E-state index is 0.254. The molecule has 1 aromatic carbocycles. The van der Waals surface area contributed by atoms with E-state index in [9.17, 15) is 0 Å². The van der Waals surface area contributed by atoms with Crippen LogP contribution < -0.4 is 5.32 Å². The average molecular weight is 287 g/mol. The van der Waals surface area contributed by atoms with Crippen molar-refractivity contribution >= 4 is 0 Å². The van der Waals surface area contributed by atoms with Gasteiger partial charge in [0.05, 0.1) is 0 Å². The summed E-state index contributed by atoms with van der Waals surface area (Å²) < 4.78 is 0. The van der Waals surface area contributed by atoms with Crippen LogP contribution in [0.5, 0.6) is 0 Å². The van der Waals surface area contributed by atoms with Crippen molar-refractivity contribution in [1.82, 2.24) is 5.32 Å². The van der Waals surface area contributed by atoms with Crippen molar-refractivity contribution in [2.45, 2.75) is 84.2 Å². The molecular weight excluding hydrogens is 254 g/mol. The summed E-state index contributed by atoms with van der Waals surface area (Å²) in [6.45, 7) is 10.2. The maximum Gasteiger partial charge on any atom is 0.0208 e. The van der Waals surface area contributed by atoms with Crippen molar-refractivity contribution in [3.63, 3.8) is 0 Å². The lowest BCUT2D eigenvalue weighted by molar-refractivity contribution is 0.277. The highest BCUT2D eigenvalue weighted by Crippen LogP contribution is 2.28. The quantitative estimate of drug-likeness (QED) is 0.761. The van der Waals surface area contributed by atoms with E-state index < -0.39 is 0 Å². The Morgan fingerprint density at radius 1 is 1.00 bits per heavy atom. The molecule has 1 heteroatoms. The van der Waals surface area contributed by atoms with Crippen molar-refractivity contribution in [2.24, 2.45) is 5.92 Å². The largest absolute Gasteiger partial charge is 0.310 e. The van der Waals surface area contributed by atoms with Gasteiger partial charge in [-0.25, -0.2) is 0 Å². The summed E-state index contributed by atoms with van der Waals surface area (Å²) in [7, 11) is 0. The van der Waals surface area contributed by atoms with Crippen molar-refractivity contribution in [2.75, 3.05) is 0 Å². The van der Waals surface area contributed by atoms with Gasteiger partial charge in [-0.3, -0.25) is 0 Å². The lowest BCUT2D eigenvalue weighted by atomic mass is 9.83. The van der Waals surface area contributed by atoms with Crippen molar-refractivity contribution in [3.05, 3.63) is 35.4 Å². The molecule has 1 aliphatic carbocycles. The molecule has 0 bridgehead atoms. The molecule has 1 aliphatic rings. The zero-order valence-corrected chi connectivity index (χ0v) is 14.4. The van der Waals surface area contributed by atoms with Crippen LogP contribution in [-0.4, -0.2) is 6.04 Å². The maximum absolute atomic E-state index is 3.76. The molecule has 0 atom stereocenters. The molecule has 0 saturated heterocycles. The third kappa shape index (κ3) is 5.14. The summed E-state index contributed by atoms with van der Waals surface area (Å²) in [6.07, 6.45) is 8.36. The van der Waals surface area contributed by atoms with E-state index >= 15 is 0 Å². The second-order valence-electron chi connectivity index (χ2n) is 7.83. The first-order valence-electron chi connectivity index (χ1n) is 8.82. The first-order chi connectivity index (χ1) is 9.99. The molecule has 0 radical (unpaired) electrons. The molecule has 0 aliphatic heterocycles. The number of hydrogen-bond acceptors (Lipinski definition) is 1. The second-order valence-corrected chi connectivity index (χ2v) is 7.83. The minimum absolute atomic E-state index is 0.254. The average Bonchev–Trinajstić information content (AvgIpc) is 2.46. The molecule has 0 heterocycles. The molecule has 0 unspecified atom stereocenters. The van der Waals surface area contributed by atoms with Crippen molar-refractivity contribution in [3.8, 4) is 0 Å². The van der Waals surface area contributed by atoms with E-state index in [1.807, 2.05) is 0 Å². The number of rotatable bonds is 5. The van der Waals surface area contributed by atoms with Gasteiger partial charge in [0.2, 0.25) is 0 Å². The van der Waals surface area contributed by atoms with Crippen LogP contribution in [0.2, 0.25) is 0 Å².